The predicted octanol–water partition coefficient (Wildman–Crippen LogP) is 2.41. The molecule has 0 bridgehead atoms. The molecule has 4 heterocycles. The van der Waals surface area contributed by atoms with Crippen molar-refractivity contribution in [3.8, 4) is 0 Å². The molecule has 0 fully saturated rings. The topological polar surface area (TPSA) is 113 Å². The molecule has 29 heavy (non-hydrogen) atoms. The Morgan fingerprint density at radius 2 is 1.52 bits per heavy atom. The fourth-order valence-electron chi connectivity index (χ4n) is 2.60. The molecule has 0 atom stereocenters. The van der Waals surface area contributed by atoms with E-state index in [0.29, 0.717) is 22.7 Å². The number of methoxy groups -OCH3 is 2. The van der Waals surface area contributed by atoms with Crippen molar-refractivity contribution in [3.05, 3.63) is 57.8 Å². The van der Waals surface area contributed by atoms with E-state index in [1.165, 1.54) is 23.3 Å². The summed E-state index contributed by atoms with van der Waals surface area (Å²) in [4.78, 5) is 31.3. The molecular formula is C18H17BrN6O4. The van der Waals surface area contributed by atoms with Crippen LogP contribution in [0.1, 0.15) is 32.4 Å². The molecule has 0 aliphatic heterocycles. The molecule has 0 aliphatic carbocycles. The number of rotatable bonds is 2. The van der Waals surface area contributed by atoms with Crippen molar-refractivity contribution in [2.45, 2.75) is 13.8 Å². The van der Waals surface area contributed by atoms with Gasteiger partial charge in [0.1, 0.15) is 0 Å². The molecule has 0 radical (unpaired) electrons. The second kappa shape index (κ2) is 8.35. The molecule has 4 aromatic rings. The summed E-state index contributed by atoms with van der Waals surface area (Å²) in [5.41, 5.74) is 3.51. The van der Waals surface area contributed by atoms with Crippen LogP contribution in [0.5, 0.6) is 0 Å². The van der Waals surface area contributed by atoms with Crippen LogP contribution >= 0.6 is 15.9 Å². The quantitative estimate of drug-likeness (QED) is 0.419. The molecule has 0 aliphatic rings. The van der Waals surface area contributed by atoms with Crippen LogP contribution in [-0.2, 0) is 9.47 Å². The van der Waals surface area contributed by atoms with Crippen molar-refractivity contribution < 1.29 is 19.1 Å². The van der Waals surface area contributed by atoms with Gasteiger partial charge in [0, 0.05) is 17.5 Å². The van der Waals surface area contributed by atoms with Crippen molar-refractivity contribution in [2.24, 2.45) is 0 Å². The Kier molecular flexibility index (Phi) is 5.87. The maximum absolute atomic E-state index is 11.5. The molecule has 0 spiro atoms. The van der Waals surface area contributed by atoms with E-state index in [0.717, 1.165) is 15.9 Å². The number of carbonyl (C=O) groups is 2. The van der Waals surface area contributed by atoms with Crippen LogP contribution in [-0.4, -0.2) is 55.4 Å². The zero-order valence-electron chi connectivity index (χ0n) is 16.1. The summed E-state index contributed by atoms with van der Waals surface area (Å²) < 4.78 is 13.0. The van der Waals surface area contributed by atoms with E-state index in [2.05, 4.69) is 45.6 Å². The molecule has 150 valence electrons. The molecule has 0 unspecified atom stereocenters. The van der Waals surface area contributed by atoms with E-state index in [1.807, 2.05) is 13.8 Å². The first-order valence-corrected chi connectivity index (χ1v) is 9.14. The number of aromatic nitrogens is 6. The molecule has 4 rings (SSSR count). The molecule has 4 aromatic heterocycles. The van der Waals surface area contributed by atoms with Gasteiger partial charge in [0.05, 0.1) is 31.1 Å². The minimum absolute atomic E-state index is 0.366. The van der Waals surface area contributed by atoms with Gasteiger partial charge < -0.3 is 9.47 Å². The number of fused-ring (bicyclic) bond motifs is 2. The number of halogens is 1. The lowest BCUT2D eigenvalue weighted by molar-refractivity contribution is 0.0581. The molecular weight excluding hydrogens is 444 g/mol. The Labute approximate surface area is 173 Å². The first-order chi connectivity index (χ1) is 13.8. The first kappa shape index (κ1) is 20.4. The van der Waals surface area contributed by atoms with Crippen LogP contribution in [0.4, 0.5) is 0 Å². The predicted molar refractivity (Wildman–Crippen MR) is 106 cm³/mol. The van der Waals surface area contributed by atoms with Crippen LogP contribution in [0.25, 0.3) is 11.3 Å². The average molecular weight is 461 g/mol. The highest BCUT2D eigenvalue weighted by molar-refractivity contribution is 9.10. The van der Waals surface area contributed by atoms with Gasteiger partial charge >= 0.3 is 11.9 Å². The monoisotopic (exact) mass is 460 g/mol. The zero-order chi connectivity index (χ0) is 21.1. The lowest BCUT2D eigenvalue weighted by Gasteiger charge is -2.03. The van der Waals surface area contributed by atoms with E-state index in [1.54, 1.807) is 30.6 Å². The Morgan fingerprint density at radius 3 is 2.14 bits per heavy atom. The van der Waals surface area contributed by atoms with Gasteiger partial charge in [-0.15, -0.1) is 0 Å². The van der Waals surface area contributed by atoms with Crippen LogP contribution in [0.15, 0.2) is 35.1 Å². The van der Waals surface area contributed by atoms with Crippen LogP contribution in [0, 0.1) is 13.8 Å². The van der Waals surface area contributed by atoms with Crippen molar-refractivity contribution in [3.63, 3.8) is 0 Å². The number of nitrogens with zero attached hydrogens (tertiary/aromatic N) is 6. The normalized spacial score (nSPS) is 10.5. The highest BCUT2D eigenvalue weighted by Gasteiger charge is 2.15. The van der Waals surface area contributed by atoms with Gasteiger partial charge in [-0.3, -0.25) is 0 Å². The van der Waals surface area contributed by atoms with Gasteiger partial charge in [-0.2, -0.15) is 10.2 Å². The molecule has 0 N–H and O–H groups in total. The van der Waals surface area contributed by atoms with Gasteiger partial charge in [-0.05, 0) is 41.9 Å². The fraction of sp³-hybridized carbons (Fsp3) is 0.222. The van der Waals surface area contributed by atoms with Gasteiger partial charge in [-0.25, -0.2) is 28.6 Å². The minimum atomic E-state index is -0.430. The van der Waals surface area contributed by atoms with Crippen LogP contribution < -0.4 is 0 Å². The van der Waals surface area contributed by atoms with Crippen LogP contribution in [0.2, 0.25) is 0 Å². The summed E-state index contributed by atoms with van der Waals surface area (Å²) >= 11 is 3.31. The Morgan fingerprint density at radius 1 is 0.931 bits per heavy atom. The average Bonchev–Trinajstić information content (AvgIpc) is 3.32. The summed E-state index contributed by atoms with van der Waals surface area (Å²) in [5.74, 6) is -0.842. The minimum Gasteiger partial charge on any atom is -0.464 e. The Balaban J connectivity index is 0.000000166. The van der Waals surface area contributed by atoms with Crippen LogP contribution in [0.3, 0.4) is 0 Å². The molecule has 11 heteroatoms. The third kappa shape index (κ3) is 4.09. The first-order valence-electron chi connectivity index (χ1n) is 8.34. The van der Waals surface area contributed by atoms with Crippen molar-refractivity contribution in [2.75, 3.05) is 14.2 Å². The highest BCUT2D eigenvalue weighted by atomic mass is 79.9. The number of hydrogen-bond acceptors (Lipinski definition) is 8. The van der Waals surface area contributed by atoms with Gasteiger partial charge in [0.2, 0.25) is 0 Å². The number of esters is 2. The molecule has 0 aromatic carbocycles. The van der Waals surface area contributed by atoms with Gasteiger partial charge in [0.15, 0.2) is 22.7 Å². The molecule has 0 amide bonds. The van der Waals surface area contributed by atoms with Gasteiger partial charge in [0.25, 0.3) is 0 Å². The Bertz CT molecular complexity index is 1220. The summed E-state index contributed by atoms with van der Waals surface area (Å²) in [6.45, 7) is 3.63. The van der Waals surface area contributed by atoms with Crippen molar-refractivity contribution >= 4 is 39.2 Å². The third-order valence-corrected chi connectivity index (χ3v) is 4.39. The lowest BCUT2D eigenvalue weighted by Crippen LogP contribution is -2.10. The zero-order valence-corrected chi connectivity index (χ0v) is 17.7. The Hall–Kier alpha value is -3.34. The van der Waals surface area contributed by atoms with E-state index < -0.39 is 11.9 Å². The second-order valence-electron chi connectivity index (χ2n) is 5.88. The summed E-state index contributed by atoms with van der Waals surface area (Å²) in [6, 6.07) is 5.02. The molecule has 0 saturated heterocycles. The lowest BCUT2D eigenvalue weighted by atomic mass is 10.3. The standard InChI is InChI=1S/C9H8BrN3O2.C9H9N3O2/c1-5-3-7(9(14)15-2)13-8(12-5)6(10)4-11-13;1-6-5-7(9(13)14-2)12-8(11-6)3-4-10-12/h3-4H,1-2H3;3-5H,1-2H3. The van der Waals surface area contributed by atoms with Gasteiger partial charge in [-0.1, -0.05) is 0 Å². The smallest absolute Gasteiger partial charge is 0.356 e. The maximum Gasteiger partial charge on any atom is 0.356 e. The number of hydrogen-bond donors (Lipinski definition) is 0. The van der Waals surface area contributed by atoms with E-state index in [-0.39, 0.29) is 0 Å². The van der Waals surface area contributed by atoms with E-state index in [4.69, 9.17) is 0 Å². The summed E-state index contributed by atoms with van der Waals surface area (Å²) in [5, 5.41) is 8.02. The van der Waals surface area contributed by atoms with E-state index in [9.17, 15) is 9.59 Å². The molecule has 10 nitrogen and oxygen atoms in total. The fourth-order valence-corrected chi connectivity index (χ4v) is 2.94. The summed E-state index contributed by atoms with van der Waals surface area (Å²) in [6.07, 6.45) is 3.18. The largest absolute Gasteiger partial charge is 0.464 e. The number of aryl methyl sites for hydroxylation is 2. The number of ether oxygens (including phenoxy) is 2. The highest BCUT2D eigenvalue weighted by Crippen LogP contribution is 2.17. The van der Waals surface area contributed by atoms with Crippen molar-refractivity contribution in [1.29, 1.82) is 0 Å². The van der Waals surface area contributed by atoms with Crippen molar-refractivity contribution in [1.82, 2.24) is 29.2 Å². The SMILES string of the molecule is COC(=O)c1cc(C)nc2c(Br)cnn12.COC(=O)c1cc(C)nc2ccnn12. The van der Waals surface area contributed by atoms with E-state index >= 15 is 0 Å². The molecule has 0 saturated carbocycles. The second-order valence-corrected chi connectivity index (χ2v) is 6.73. The third-order valence-electron chi connectivity index (χ3n) is 3.83. The maximum atomic E-state index is 11.5. The summed E-state index contributed by atoms with van der Waals surface area (Å²) in [7, 11) is 2.68. The number of carbonyl (C=O) groups excluding carboxylic acids is 2.